The second kappa shape index (κ2) is 4.38. The molecule has 0 bridgehead atoms. The Hall–Kier alpha value is -1.15. The van der Waals surface area contributed by atoms with Crippen LogP contribution in [0, 0.1) is 0 Å². The Morgan fingerprint density at radius 1 is 1.29 bits per heavy atom. The number of carboxylic acid groups (broad SMARTS) is 1. The second-order valence-corrected chi connectivity index (χ2v) is 3.23. The number of urea groups is 1. The third-order valence-electron chi connectivity index (χ3n) is 1.99. The Morgan fingerprint density at radius 3 is 2.14 bits per heavy atom. The number of piperazine rings is 1. The van der Waals surface area contributed by atoms with Crippen LogP contribution in [0.15, 0.2) is 0 Å². The molecule has 0 aromatic heterocycles. The van der Waals surface area contributed by atoms with Gasteiger partial charge >= 0.3 is 12.1 Å². The van der Waals surface area contributed by atoms with E-state index < -0.39 is 12.1 Å². The number of hydrogen-bond acceptors (Lipinski definition) is 4. The van der Waals surface area contributed by atoms with Gasteiger partial charge in [0.1, 0.15) is 0 Å². The number of nitrogens with two attached hydrogens (primary N) is 1. The lowest BCUT2D eigenvalue weighted by Gasteiger charge is -2.36. The van der Waals surface area contributed by atoms with E-state index in [1.807, 2.05) is 0 Å². The SMILES string of the molecule is NC(=O)N(S)N1CCN(C(=O)O)CC1. The minimum Gasteiger partial charge on any atom is -0.465 e. The number of hydrogen-bond donors (Lipinski definition) is 3. The number of rotatable bonds is 1. The topological polar surface area (TPSA) is 90.1 Å². The fourth-order valence-electron chi connectivity index (χ4n) is 1.22. The monoisotopic (exact) mass is 220 g/mol. The van der Waals surface area contributed by atoms with Crippen LogP contribution in [0.25, 0.3) is 0 Å². The van der Waals surface area contributed by atoms with Crippen molar-refractivity contribution in [3.05, 3.63) is 0 Å². The van der Waals surface area contributed by atoms with Gasteiger partial charge in [0.2, 0.25) is 0 Å². The summed E-state index contributed by atoms with van der Waals surface area (Å²) >= 11 is 3.87. The molecule has 0 radical (unpaired) electrons. The van der Waals surface area contributed by atoms with Crippen molar-refractivity contribution in [1.29, 1.82) is 0 Å². The van der Waals surface area contributed by atoms with Gasteiger partial charge in [-0.3, -0.25) is 0 Å². The molecule has 1 rings (SSSR count). The van der Waals surface area contributed by atoms with E-state index in [9.17, 15) is 9.59 Å². The van der Waals surface area contributed by atoms with Gasteiger partial charge in [0.15, 0.2) is 0 Å². The lowest BCUT2D eigenvalue weighted by atomic mass is 10.4. The van der Waals surface area contributed by atoms with Gasteiger partial charge in [0, 0.05) is 26.2 Å². The van der Waals surface area contributed by atoms with Gasteiger partial charge in [-0.05, 0) is 12.8 Å². The van der Waals surface area contributed by atoms with Crippen molar-refractivity contribution in [2.75, 3.05) is 26.2 Å². The van der Waals surface area contributed by atoms with Crippen LogP contribution >= 0.6 is 12.8 Å². The van der Waals surface area contributed by atoms with Crippen molar-refractivity contribution in [3.63, 3.8) is 0 Å². The summed E-state index contributed by atoms with van der Waals surface area (Å²) in [7, 11) is 0. The van der Waals surface area contributed by atoms with E-state index in [2.05, 4.69) is 12.8 Å². The highest BCUT2D eigenvalue weighted by Gasteiger charge is 2.24. The minimum atomic E-state index is -0.950. The zero-order valence-electron chi connectivity index (χ0n) is 7.46. The Balaban J connectivity index is 2.43. The number of thiol groups is 1. The summed E-state index contributed by atoms with van der Waals surface area (Å²) in [5.74, 6) is 0. The summed E-state index contributed by atoms with van der Waals surface area (Å²) in [4.78, 5) is 22.5. The molecule has 0 saturated carbocycles. The van der Waals surface area contributed by atoms with Crippen LogP contribution in [-0.4, -0.2) is 57.7 Å². The number of primary amides is 1. The number of nitrogens with zero attached hydrogens (tertiary/aromatic N) is 3. The Kier molecular flexibility index (Phi) is 3.42. The third-order valence-corrected chi connectivity index (χ3v) is 2.44. The molecule has 0 spiro atoms. The molecule has 3 N–H and O–H groups in total. The van der Waals surface area contributed by atoms with Crippen molar-refractivity contribution in [2.24, 2.45) is 5.73 Å². The lowest BCUT2D eigenvalue weighted by Crippen LogP contribution is -2.54. The van der Waals surface area contributed by atoms with Gasteiger partial charge in [0.25, 0.3) is 0 Å². The highest BCUT2D eigenvalue weighted by atomic mass is 32.1. The van der Waals surface area contributed by atoms with Crippen LogP contribution in [-0.2, 0) is 0 Å². The van der Waals surface area contributed by atoms with Crippen molar-refractivity contribution in [1.82, 2.24) is 14.3 Å². The van der Waals surface area contributed by atoms with Crippen LogP contribution in [0.1, 0.15) is 0 Å². The normalized spacial score (nSPS) is 17.9. The molecule has 14 heavy (non-hydrogen) atoms. The summed E-state index contributed by atoms with van der Waals surface area (Å²) in [5, 5.41) is 10.2. The van der Waals surface area contributed by atoms with Gasteiger partial charge in [-0.1, -0.05) is 0 Å². The van der Waals surface area contributed by atoms with E-state index in [1.54, 1.807) is 5.01 Å². The summed E-state index contributed by atoms with van der Waals surface area (Å²) in [5.41, 5.74) is 5.00. The van der Waals surface area contributed by atoms with E-state index in [0.29, 0.717) is 26.2 Å². The van der Waals surface area contributed by atoms with Crippen molar-refractivity contribution < 1.29 is 14.7 Å². The first-order chi connectivity index (χ1) is 6.52. The average molecular weight is 220 g/mol. The summed E-state index contributed by atoms with van der Waals surface area (Å²) in [6, 6.07) is -0.669. The van der Waals surface area contributed by atoms with Crippen LogP contribution in [0.3, 0.4) is 0 Å². The molecule has 1 saturated heterocycles. The maximum atomic E-state index is 10.7. The molecule has 8 heteroatoms. The molecule has 0 aromatic carbocycles. The van der Waals surface area contributed by atoms with Crippen molar-refractivity contribution in [3.8, 4) is 0 Å². The summed E-state index contributed by atoms with van der Waals surface area (Å²) in [6.45, 7) is 1.52. The maximum Gasteiger partial charge on any atom is 0.407 e. The van der Waals surface area contributed by atoms with Crippen LogP contribution in [0.4, 0.5) is 9.59 Å². The predicted octanol–water partition coefficient (Wildman–Crippen LogP) is -0.577. The highest BCUT2D eigenvalue weighted by Crippen LogP contribution is 2.07. The Morgan fingerprint density at radius 2 is 1.79 bits per heavy atom. The number of carbonyl (C=O) groups excluding carboxylic acids is 1. The molecule has 80 valence electrons. The Bertz CT molecular complexity index is 241. The maximum absolute atomic E-state index is 10.7. The van der Waals surface area contributed by atoms with Gasteiger partial charge in [-0.25, -0.2) is 14.6 Å². The van der Waals surface area contributed by atoms with Crippen LogP contribution in [0.2, 0.25) is 0 Å². The molecule has 1 heterocycles. The van der Waals surface area contributed by atoms with Crippen molar-refractivity contribution in [2.45, 2.75) is 0 Å². The fourth-order valence-corrected chi connectivity index (χ4v) is 1.39. The van der Waals surface area contributed by atoms with E-state index in [4.69, 9.17) is 10.8 Å². The van der Waals surface area contributed by atoms with Crippen LogP contribution < -0.4 is 5.73 Å². The molecule has 0 unspecified atom stereocenters. The van der Waals surface area contributed by atoms with Gasteiger partial charge in [-0.15, -0.1) is 0 Å². The largest absolute Gasteiger partial charge is 0.465 e. The first-order valence-electron chi connectivity index (χ1n) is 4.03. The van der Waals surface area contributed by atoms with Gasteiger partial charge in [0.05, 0.1) is 0 Å². The second-order valence-electron chi connectivity index (χ2n) is 2.85. The minimum absolute atomic E-state index is 0.347. The quantitative estimate of drug-likeness (QED) is 0.516. The molecular weight excluding hydrogens is 208 g/mol. The number of carbonyl (C=O) groups is 2. The summed E-state index contributed by atoms with van der Waals surface area (Å²) in [6.07, 6.45) is -0.950. The third kappa shape index (κ3) is 2.42. The molecular formula is C6H12N4O3S. The van der Waals surface area contributed by atoms with Gasteiger partial charge < -0.3 is 15.7 Å². The molecule has 1 aliphatic heterocycles. The van der Waals surface area contributed by atoms with E-state index >= 15 is 0 Å². The van der Waals surface area contributed by atoms with Crippen molar-refractivity contribution >= 4 is 24.9 Å². The number of hydrazine groups is 1. The number of amides is 3. The smallest absolute Gasteiger partial charge is 0.407 e. The predicted molar refractivity (Wildman–Crippen MR) is 51.6 cm³/mol. The molecule has 0 aliphatic carbocycles. The van der Waals surface area contributed by atoms with E-state index in [-0.39, 0.29) is 0 Å². The zero-order chi connectivity index (χ0) is 10.7. The molecule has 3 amide bonds. The molecule has 1 aliphatic rings. The lowest BCUT2D eigenvalue weighted by molar-refractivity contribution is 0.0427. The average Bonchev–Trinajstić information content (AvgIpc) is 2.16. The molecule has 0 aromatic rings. The highest BCUT2D eigenvalue weighted by molar-refractivity contribution is 7.78. The molecule has 0 atom stereocenters. The van der Waals surface area contributed by atoms with E-state index in [0.717, 1.165) is 4.41 Å². The Labute approximate surface area is 86.6 Å². The first kappa shape index (κ1) is 10.9. The van der Waals surface area contributed by atoms with Crippen LogP contribution in [0.5, 0.6) is 0 Å². The molecule has 7 nitrogen and oxygen atoms in total. The standard InChI is InChI=1S/C6H12N4O3S/c7-5(11)10(14)9-3-1-8(2-4-9)6(12)13/h14H,1-4H2,(H2,7,11)(H,12,13). The zero-order valence-corrected chi connectivity index (χ0v) is 8.35. The van der Waals surface area contributed by atoms with E-state index in [1.165, 1.54) is 4.90 Å². The fraction of sp³-hybridized carbons (Fsp3) is 0.667. The molecule has 1 fully saturated rings. The summed E-state index contributed by atoms with van der Waals surface area (Å²) < 4.78 is 0.999. The first-order valence-corrected chi connectivity index (χ1v) is 4.43. The van der Waals surface area contributed by atoms with Gasteiger partial charge in [-0.2, -0.15) is 4.41 Å².